The van der Waals surface area contributed by atoms with Gasteiger partial charge in [0.15, 0.2) is 0 Å². The van der Waals surface area contributed by atoms with Crippen molar-refractivity contribution in [1.29, 1.82) is 0 Å². The Labute approximate surface area is 196 Å². The van der Waals surface area contributed by atoms with Crippen molar-refractivity contribution >= 4 is 25.2 Å². The van der Waals surface area contributed by atoms with Crippen LogP contribution < -0.4 is 9.97 Å². The van der Waals surface area contributed by atoms with E-state index in [1.54, 1.807) is 12.1 Å². The summed E-state index contributed by atoms with van der Waals surface area (Å²) in [5.74, 6) is -5.28. The van der Waals surface area contributed by atoms with Gasteiger partial charge in [-0.15, -0.1) is 0 Å². The molecule has 0 bridgehead atoms. The van der Waals surface area contributed by atoms with Gasteiger partial charge in [0.1, 0.15) is 17.4 Å². The van der Waals surface area contributed by atoms with Crippen molar-refractivity contribution < 1.29 is 47.1 Å². The van der Waals surface area contributed by atoms with Gasteiger partial charge in [0.2, 0.25) is 18.6 Å². The number of fused-ring (bicyclic) bond motifs is 1. The zero-order valence-corrected chi connectivity index (χ0v) is 18.9. The van der Waals surface area contributed by atoms with Crippen LogP contribution in [0.4, 0.5) is 13.6 Å². The Balaban J connectivity index is 1.51. The number of halogens is 2. The Bertz CT molecular complexity index is 888. The molecule has 2 aliphatic rings. The molecule has 0 aromatic heterocycles. The van der Waals surface area contributed by atoms with Crippen LogP contribution in [0.1, 0.15) is 67.8 Å². The maximum atomic E-state index is 13.0. The lowest BCUT2D eigenvalue weighted by molar-refractivity contribution is -0.123. The van der Waals surface area contributed by atoms with E-state index in [1.165, 1.54) is 6.07 Å². The molecule has 0 spiro atoms. The monoisotopic (exact) mass is 483 g/mol. The Kier molecular flexibility index (Phi) is 8.70. The number of esters is 1. The van der Waals surface area contributed by atoms with Crippen molar-refractivity contribution in [1.82, 2.24) is 5.32 Å². The Morgan fingerprint density at radius 1 is 1.21 bits per heavy atom. The number of alkyl halides is 2. The number of carbonyl (C=O) groups excluding carboxylic acids is 3. The quantitative estimate of drug-likeness (QED) is 0.329. The molecule has 1 saturated carbocycles. The van der Waals surface area contributed by atoms with Gasteiger partial charge in [0.25, 0.3) is 0 Å². The summed E-state index contributed by atoms with van der Waals surface area (Å²) < 4.78 is 46.3. The summed E-state index contributed by atoms with van der Waals surface area (Å²) in [6.45, 7) is 0.0673. The molecule has 1 heterocycles. The predicted molar refractivity (Wildman–Crippen MR) is 115 cm³/mol. The Hall–Kier alpha value is -2.89. The average Bonchev–Trinajstić information content (AvgIpc) is 2.78. The molecular formula is C22H28BF2NO8. The summed E-state index contributed by atoms with van der Waals surface area (Å²) in [5.41, 5.74) is 0.500. The lowest BCUT2D eigenvalue weighted by atomic mass is 9.72. The third kappa shape index (κ3) is 7.58. The van der Waals surface area contributed by atoms with E-state index in [-0.39, 0.29) is 23.8 Å². The maximum Gasteiger partial charge on any atom is 0.547 e. The van der Waals surface area contributed by atoms with Crippen molar-refractivity contribution in [3.63, 3.8) is 0 Å². The van der Waals surface area contributed by atoms with Crippen LogP contribution in [0.5, 0.6) is 5.75 Å². The Morgan fingerprint density at radius 3 is 2.65 bits per heavy atom. The summed E-state index contributed by atoms with van der Waals surface area (Å²) in [6, 6.07) is 4.61. The molecule has 1 amide bonds. The second kappa shape index (κ2) is 11.5. The first-order valence-electron chi connectivity index (χ1n) is 11.3. The van der Waals surface area contributed by atoms with Crippen LogP contribution in [-0.4, -0.2) is 54.9 Å². The van der Waals surface area contributed by atoms with E-state index >= 15 is 0 Å². The topological polar surface area (TPSA) is 120 Å². The van der Waals surface area contributed by atoms with E-state index in [9.17, 15) is 28.2 Å². The summed E-state index contributed by atoms with van der Waals surface area (Å²) >= 11 is 0. The van der Waals surface area contributed by atoms with Crippen molar-refractivity contribution in [3.05, 3.63) is 29.3 Å². The molecule has 1 unspecified atom stereocenters. The molecule has 186 valence electrons. The molecule has 0 saturated heterocycles. The van der Waals surface area contributed by atoms with Gasteiger partial charge in [0.05, 0.1) is 5.94 Å². The molecule has 1 aromatic rings. The molecule has 3 rings (SSSR count). The minimum Gasteiger partial charge on any atom is -0.534 e. The van der Waals surface area contributed by atoms with Gasteiger partial charge in [-0.2, -0.15) is 0 Å². The summed E-state index contributed by atoms with van der Waals surface area (Å²) in [5, 5.41) is 12.8. The summed E-state index contributed by atoms with van der Waals surface area (Å²) in [6.07, 6.45) is 2.59. The van der Waals surface area contributed by atoms with Crippen molar-refractivity contribution in [2.75, 3.05) is 6.79 Å². The van der Waals surface area contributed by atoms with Crippen molar-refractivity contribution in [2.45, 2.75) is 76.3 Å². The van der Waals surface area contributed by atoms with Gasteiger partial charge in [-0.3, -0.25) is 4.79 Å². The van der Waals surface area contributed by atoms with E-state index < -0.39 is 56.6 Å². The first kappa shape index (κ1) is 25.7. The number of carbonyl (C=O) groups is 3. The van der Waals surface area contributed by atoms with E-state index in [4.69, 9.17) is 18.9 Å². The number of nitrogens with one attached hydrogen (secondary N) is 1. The predicted octanol–water partition coefficient (Wildman–Crippen LogP) is 3.16. The van der Waals surface area contributed by atoms with Crippen LogP contribution in [-0.2, 0) is 25.4 Å². The standard InChI is InChI=1S/C22H28BF2NO8/c1-22(24,25)11-10-18(27)26-17-12-14-6-5-9-16(19(14)34-23(17)30)20(28)31-13-32-21(29)33-15-7-3-2-4-8-15/h5-6,9,15,17,30H,2-4,7-8,10-13H2,1H3,(H,26,27). The average molecular weight is 483 g/mol. The number of hydrogen-bond acceptors (Lipinski definition) is 8. The minimum atomic E-state index is -2.97. The second-order valence-corrected chi connectivity index (χ2v) is 8.57. The molecule has 9 nitrogen and oxygen atoms in total. The van der Waals surface area contributed by atoms with Gasteiger partial charge < -0.3 is 29.2 Å². The zero-order chi connectivity index (χ0) is 24.7. The SMILES string of the molecule is CC(F)(F)CCC(=O)NC1Cc2cccc(C(=O)OCOC(=O)OC3CCCCC3)c2OB1O. The van der Waals surface area contributed by atoms with E-state index in [2.05, 4.69) is 5.32 Å². The van der Waals surface area contributed by atoms with Gasteiger partial charge in [0, 0.05) is 12.8 Å². The Morgan fingerprint density at radius 2 is 1.94 bits per heavy atom. The number of amides is 1. The lowest BCUT2D eigenvalue weighted by Gasteiger charge is -2.29. The molecule has 34 heavy (non-hydrogen) atoms. The number of rotatable bonds is 8. The maximum absolute atomic E-state index is 13.0. The highest BCUT2D eigenvalue weighted by molar-refractivity contribution is 6.47. The van der Waals surface area contributed by atoms with Gasteiger partial charge >= 0.3 is 19.2 Å². The molecule has 0 radical (unpaired) electrons. The van der Waals surface area contributed by atoms with E-state index in [0.29, 0.717) is 5.56 Å². The van der Waals surface area contributed by atoms with Crippen LogP contribution in [0.25, 0.3) is 0 Å². The smallest absolute Gasteiger partial charge is 0.534 e. The molecular weight excluding hydrogens is 455 g/mol. The van der Waals surface area contributed by atoms with Crippen LogP contribution in [0, 0.1) is 0 Å². The van der Waals surface area contributed by atoms with Crippen molar-refractivity contribution in [3.8, 4) is 5.75 Å². The van der Waals surface area contributed by atoms with Crippen molar-refractivity contribution in [2.24, 2.45) is 0 Å². The number of ether oxygens (including phenoxy) is 3. The lowest BCUT2D eigenvalue weighted by Crippen LogP contribution is -2.53. The van der Waals surface area contributed by atoms with Gasteiger partial charge in [-0.1, -0.05) is 18.6 Å². The molecule has 12 heteroatoms. The first-order chi connectivity index (χ1) is 16.1. The fourth-order valence-corrected chi connectivity index (χ4v) is 3.88. The highest BCUT2D eigenvalue weighted by Gasteiger charge is 2.38. The number of benzene rings is 1. The largest absolute Gasteiger partial charge is 0.547 e. The van der Waals surface area contributed by atoms with E-state index in [1.807, 2.05) is 0 Å². The fourth-order valence-electron chi connectivity index (χ4n) is 3.88. The molecule has 1 fully saturated rings. The molecule has 1 aliphatic heterocycles. The molecule has 1 atom stereocenters. The molecule has 1 aliphatic carbocycles. The third-order valence-electron chi connectivity index (χ3n) is 5.66. The van der Waals surface area contributed by atoms with E-state index in [0.717, 1.165) is 39.0 Å². The van der Waals surface area contributed by atoms with Crippen LogP contribution >= 0.6 is 0 Å². The first-order valence-corrected chi connectivity index (χ1v) is 11.3. The minimum absolute atomic E-state index is 0.00352. The van der Waals surface area contributed by atoms with Crippen LogP contribution in [0.15, 0.2) is 18.2 Å². The zero-order valence-electron chi connectivity index (χ0n) is 18.9. The summed E-state index contributed by atoms with van der Waals surface area (Å²) in [7, 11) is -1.51. The normalized spacial score (nSPS) is 18.4. The van der Waals surface area contributed by atoms with Gasteiger partial charge in [-0.05, 0) is 50.7 Å². The summed E-state index contributed by atoms with van der Waals surface area (Å²) in [4.78, 5) is 36.2. The van der Waals surface area contributed by atoms with Gasteiger partial charge in [-0.25, -0.2) is 18.4 Å². The van der Waals surface area contributed by atoms with Crippen LogP contribution in [0.2, 0.25) is 0 Å². The number of para-hydroxylation sites is 1. The molecule has 1 aromatic carbocycles. The molecule has 2 N–H and O–H groups in total. The number of hydrogen-bond donors (Lipinski definition) is 2. The fraction of sp³-hybridized carbons (Fsp3) is 0.591. The highest BCUT2D eigenvalue weighted by Crippen LogP contribution is 2.31. The second-order valence-electron chi connectivity index (χ2n) is 8.57. The van der Waals surface area contributed by atoms with Crippen LogP contribution in [0.3, 0.4) is 0 Å². The third-order valence-corrected chi connectivity index (χ3v) is 5.66. The highest BCUT2D eigenvalue weighted by atomic mass is 19.3.